The lowest BCUT2D eigenvalue weighted by atomic mass is 10.1. The van der Waals surface area contributed by atoms with Gasteiger partial charge in [-0.2, -0.15) is 0 Å². The second-order valence-electron chi connectivity index (χ2n) is 3.22. The summed E-state index contributed by atoms with van der Waals surface area (Å²) >= 11 is 11.9. The number of anilines is 1. The molecule has 0 bridgehead atoms. The molecule has 78 valence electrons. The number of hydrogen-bond acceptors (Lipinski definition) is 2. The topological polar surface area (TPSA) is 54.7 Å². The minimum atomic E-state index is 0.383. The molecule has 0 aliphatic carbocycles. The van der Waals surface area contributed by atoms with Crippen molar-refractivity contribution in [2.45, 2.75) is 6.92 Å². The minimum Gasteiger partial charge on any atom is -0.369 e. The van der Waals surface area contributed by atoms with Crippen molar-refractivity contribution in [1.82, 2.24) is 9.97 Å². The Morgan fingerprint density at radius 3 is 2.60 bits per heavy atom. The molecule has 1 aromatic carbocycles. The van der Waals surface area contributed by atoms with Gasteiger partial charge in [0.1, 0.15) is 0 Å². The van der Waals surface area contributed by atoms with Crippen molar-refractivity contribution in [2.24, 2.45) is 0 Å². The molecule has 3 nitrogen and oxygen atoms in total. The minimum absolute atomic E-state index is 0.383. The molecule has 1 heterocycles. The predicted octanol–water partition coefficient (Wildman–Crippen LogP) is 3.27. The number of aromatic amines is 1. The number of rotatable bonds is 1. The first-order valence-corrected chi connectivity index (χ1v) is 5.11. The zero-order valence-corrected chi connectivity index (χ0v) is 9.52. The largest absolute Gasteiger partial charge is 0.369 e. The van der Waals surface area contributed by atoms with Gasteiger partial charge in [0.05, 0.1) is 10.7 Å². The molecule has 0 radical (unpaired) electrons. The van der Waals surface area contributed by atoms with E-state index in [4.69, 9.17) is 28.9 Å². The first kappa shape index (κ1) is 10.3. The lowest BCUT2D eigenvalue weighted by Crippen LogP contribution is -1.85. The number of nitrogens with zero attached hydrogens (tertiary/aromatic N) is 1. The number of H-pyrrole nitrogens is 1. The van der Waals surface area contributed by atoms with Gasteiger partial charge in [-0.3, -0.25) is 0 Å². The fourth-order valence-corrected chi connectivity index (χ4v) is 1.93. The van der Waals surface area contributed by atoms with Crippen LogP contribution in [0.1, 0.15) is 5.69 Å². The van der Waals surface area contributed by atoms with Crippen LogP contribution in [0.15, 0.2) is 18.2 Å². The van der Waals surface area contributed by atoms with E-state index in [1.165, 1.54) is 0 Å². The second kappa shape index (κ2) is 3.76. The van der Waals surface area contributed by atoms with E-state index in [9.17, 15) is 0 Å². The zero-order chi connectivity index (χ0) is 11.0. The summed E-state index contributed by atoms with van der Waals surface area (Å²) in [6.07, 6.45) is 0. The normalized spacial score (nSPS) is 10.6. The number of aryl methyl sites for hydroxylation is 1. The lowest BCUT2D eigenvalue weighted by Gasteiger charge is -2.02. The molecule has 0 atom stereocenters. The number of imidazole rings is 1. The van der Waals surface area contributed by atoms with Gasteiger partial charge in [0.25, 0.3) is 0 Å². The van der Waals surface area contributed by atoms with Crippen LogP contribution in [0, 0.1) is 6.92 Å². The maximum absolute atomic E-state index is 6.07. The van der Waals surface area contributed by atoms with Crippen molar-refractivity contribution < 1.29 is 0 Å². The molecule has 2 aromatic rings. The van der Waals surface area contributed by atoms with Crippen LogP contribution in [0.5, 0.6) is 0 Å². The third-order valence-corrected chi connectivity index (χ3v) is 2.64. The van der Waals surface area contributed by atoms with Crippen molar-refractivity contribution in [2.75, 3.05) is 5.73 Å². The van der Waals surface area contributed by atoms with E-state index in [0.717, 1.165) is 17.0 Å². The van der Waals surface area contributed by atoms with Gasteiger partial charge in [-0.05, 0) is 25.1 Å². The fourth-order valence-electron chi connectivity index (χ4n) is 1.43. The van der Waals surface area contributed by atoms with Crippen LogP contribution in [0.25, 0.3) is 11.3 Å². The van der Waals surface area contributed by atoms with E-state index in [1.54, 1.807) is 12.1 Å². The van der Waals surface area contributed by atoms with E-state index in [2.05, 4.69) is 9.97 Å². The van der Waals surface area contributed by atoms with E-state index in [-0.39, 0.29) is 0 Å². The summed E-state index contributed by atoms with van der Waals surface area (Å²) in [5, 5.41) is 1.17. The van der Waals surface area contributed by atoms with E-state index >= 15 is 0 Å². The van der Waals surface area contributed by atoms with E-state index < -0.39 is 0 Å². The van der Waals surface area contributed by atoms with Crippen LogP contribution >= 0.6 is 23.2 Å². The Kier molecular flexibility index (Phi) is 2.59. The monoisotopic (exact) mass is 241 g/mol. The summed E-state index contributed by atoms with van der Waals surface area (Å²) in [4.78, 5) is 7.09. The van der Waals surface area contributed by atoms with Gasteiger partial charge in [0, 0.05) is 16.3 Å². The fraction of sp³-hybridized carbons (Fsp3) is 0.100. The standard InChI is InChI=1S/C10H9Cl2N3/c1-5-9(15-10(13)14-5)7-3-2-6(11)4-8(7)12/h2-4H,1H3,(H3,13,14,15). The summed E-state index contributed by atoms with van der Waals surface area (Å²) in [7, 11) is 0. The van der Waals surface area contributed by atoms with Crippen molar-refractivity contribution in [3.05, 3.63) is 33.9 Å². The Morgan fingerprint density at radius 1 is 1.33 bits per heavy atom. The molecule has 0 aliphatic rings. The number of nitrogens with two attached hydrogens (primary N) is 1. The van der Waals surface area contributed by atoms with Crippen molar-refractivity contribution in [3.63, 3.8) is 0 Å². The van der Waals surface area contributed by atoms with E-state index in [1.807, 2.05) is 13.0 Å². The molecule has 15 heavy (non-hydrogen) atoms. The molecule has 5 heteroatoms. The Hall–Kier alpha value is -1.19. The number of nitrogens with one attached hydrogen (secondary N) is 1. The maximum atomic E-state index is 6.07. The molecule has 2 rings (SSSR count). The highest BCUT2D eigenvalue weighted by Crippen LogP contribution is 2.31. The van der Waals surface area contributed by atoms with Crippen LogP contribution in [-0.4, -0.2) is 9.97 Å². The van der Waals surface area contributed by atoms with Gasteiger partial charge < -0.3 is 10.7 Å². The average Bonchev–Trinajstić information content (AvgIpc) is 2.45. The Bertz CT molecular complexity index is 505. The highest BCUT2D eigenvalue weighted by molar-refractivity contribution is 6.36. The molecular weight excluding hydrogens is 233 g/mol. The highest BCUT2D eigenvalue weighted by Gasteiger charge is 2.10. The lowest BCUT2D eigenvalue weighted by molar-refractivity contribution is 1.26. The van der Waals surface area contributed by atoms with Gasteiger partial charge in [0.2, 0.25) is 0 Å². The smallest absolute Gasteiger partial charge is 0.198 e. The number of hydrogen-bond donors (Lipinski definition) is 2. The third kappa shape index (κ3) is 1.94. The Labute approximate surface area is 97.2 Å². The van der Waals surface area contributed by atoms with Gasteiger partial charge >= 0.3 is 0 Å². The van der Waals surface area contributed by atoms with Gasteiger partial charge in [-0.15, -0.1) is 0 Å². The highest BCUT2D eigenvalue weighted by atomic mass is 35.5. The van der Waals surface area contributed by atoms with Gasteiger partial charge in [-0.25, -0.2) is 4.98 Å². The molecule has 0 unspecified atom stereocenters. The molecule has 0 amide bonds. The number of benzene rings is 1. The van der Waals surface area contributed by atoms with Crippen LogP contribution in [0.2, 0.25) is 10.0 Å². The van der Waals surface area contributed by atoms with Gasteiger partial charge in [0.15, 0.2) is 5.95 Å². The summed E-state index contributed by atoms with van der Waals surface area (Å²) in [5.41, 5.74) is 8.03. The van der Waals surface area contributed by atoms with Crippen molar-refractivity contribution in [3.8, 4) is 11.3 Å². The van der Waals surface area contributed by atoms with Crippen molar-refractivity contribution in [1.29, 1.82) is 0 Å². The van der Waals surface area contributed by atoms with Gasteiger partial charge in [-0.1, -0.05) is 23.2 Å². The van der Waals surface area contributed by atoms with Crippen LogP contribution < -0.4 is 5.73 Å². The number of aromatic nitrogens is 2. The summed E-state index contributed by atoms with van der Waals surface area (Å²) < 4.78 is 0. The molecule has 0 aliphatic heterocycles. The Balaban J connectivity index is 2.59. The first-order chi connectivity index (χ1) is 7.08. The Morgan fingerprint density at radius 2 is 2.07 bits per heavy atom. The van der Waals surface area contributed by atoms with Crippen LogP contribution in [0.3, 0.4) is 0 Å². The third-order valence-electron chi connectivity index (χ3n) is 2.09. The molecule has 0 fully saturated rings. The zero-order valence-electron chi connectivity index (χ0n) is 8.01. The SMILES string of the molecule is Cc1[nH]c(N)nc1-c1ccc(Cl)cc1Cl. The molecule has 0 saturated carbocycles. The maximum Gasteiger partial charge on any atom is 0.198 e. The quantitative estimate of drug-likeness (QED) is 0.806. The first-order valence-electron chi connectivity index (χ1n) is 4.35. The van der Waals surface area contributed by atoms with Crippen molar-refractivity contribution >= 4 is 29.2 Å². The summed E-state index contributed by atoms with van der Waals surface area (Å²) in [6.45, 7) is 1.89. The van der Waals surface area contributed by atoms with Crippen LogP contribution in [-0.2, 0) is 0 Å². The predicted molar refractivity (Wildman–Crippen MR) is 63.2 cm³/mol. The molecule has 0 spiro atoms. The second-order valence-corrected chi connectivity index (χ2v) is 4.06. The summed E-state index contributed by atoms with van der Waals surface area (Å²) in [5.74, 6) is 0.383. The number of nitrogen functional groups attached to an aromatic ring is 1. The molecular formula is C10H9Cl2N3. The average molecular weight is 242 g/mol. The molecule has 3 N–H and O–H groups in total. The van der Waals surface area contributed by atoms with E-state index in [0.29, 0.717) is 16.0 Å². The number of halogens is 2. The molecule has 1 aromatic heterocycles. The molecule has 0 saturated heterocycles. The summed E-state index contributed by atoms with van der Waals surface area (Å²) in [6, 6.07) is 5.28. The van der Waals surface area contributed by atoms with Crippen LogP contribution in [0.4, 0.5) is 5.95 Å².